The Morgan fingerprint density at radius 3 is 2.85 bits per heavy atom. The van der Waals surface area contributed by atoms with Gasteiger partial charge in [0.15, 0.2) is 0 Å². The first-order valence-corrected chi connectivity index (χ1v) is 6.70. The number of hydrogen-bond acceptors (Lipinski definition) is 5. The van der Waals surface area contributed by atoms with Crippen molar-refractivity contribution in [3.8, 4) is 0 Å². The van der Waals surface area contributed by atoms with Crippen molar-refractivity contribution in [2.24, 2.45) is 0 Å². The summed E-state index contributed by atoms with van der Waals surface area (Å²) in [5, 5.41) is 4.08. The molecule has 0 aliphatic heterocycles. The van der Waals surface area contributed by atoms with Gasteiger partial charge in [0.25, 0.3) is 5.56 Å². The first-order chi connectivity index (χ1) is 9.58. The summed E-state index contributed by atoms with van der Waals surface area (Å²) in [5.74, 6) is -0.417. The number of hydrogen-bond donors (Lipinski definition) is 0. The standard InChI is InChI=1S/C14H21N3O3/c1-4-8-16(3)12-10-13(18)17(15-11-12)9-6-7-14(19)20-5-2/h6-7,10-11H,4-5,8-9H2,1-3H3/b7-6+. The maximum absolute atomic E-state index is 11.9. The SMILES string of the molecule is CCCN(C)c1cnn(C/C=C/C(=O)OCC)c(=O)c1. The predicted molar refractivity (Wildman–Crippen MR) is 77.8 cm³/mol. The molecule has 6 heteroatoms. The summed E-state index contributed by atoms with van der Waals surface area (Å²) in [5.41, 5.74) is 0.599. The molecule has 6 nitrogen and oxygen atoms in total. The number of rotatable bonds is 7. The Balaban J connectivity index is 2.69. The Hall–Kier alpha value is -2.11. The molecule has 1 heterocycles. The van der Waals surface area contributed by atoms with Gasteiger partial charge >= 0.3 is 5.97 Å². The molecule has 0 bridgehead atoms. The molecule has 1 rings (SSSR count). The molecule has 0 aromatic carbocycles. The molecule has 0 spiro atoms. The van der Waals surface area contributed by atoms with Crippen LogP contribution in [0.4, 0.5) is 5.69 Å². The summed E-state index contributed by atoms with van der Waals surface area (Å²) in [4.78, 5) is 25.0. The molecule has 0 aliphatic carbocycles. The van der Waals surface area contributed by atoms with Crippen LogP contribution in [0, 0.1) is 0 Å². The predicted octanol–water partition coefficient (Wildman–Crippen LogP) is 1.21. The molecule has 110 valence electrons. The van der Waals surface area contributed by atoms with Crippen LogP contribution in [0.25, 0.3) is 0 Å². The Morgan fingerprint density at radius 2 is 2.25 bits per heavy atom. The molecule has 1 aromatic heterocycles. The van der Waals surface area contributed by atoms with Gasteiger partial charge in [-0.1, -0.05) is 13.0 Å². The van der Waals surface area contributed by atoms with Crippen molar-refractivity contribution in [2.45, 2.75) is 26.8 Å². The summed E-state index contributed by atoms with van der Waals surface area (Å²) in [6.45, 7) is 5.26. The van der Waals surface area contributed by atoms with E-state index >= 15 is 0 Å². The number of carbonyl (C=O) groups is 1. The van der Waals surface area contributed by atoms with Crippen LogP contribution in [0.2, 0.25) is 0 Å². The minimum Gasteiger partial charge on any atom is -0.463 e. The minimum absolute atomic E-state index is 0.195. The second kappa shape index (κ2) is 8.14. The van der Waals surface area contributed by atoms with Crippen LogP contribution >= 0.6 is 0 Å². The summed E-state index contributed by atoms with van der Waals surface area (Å²) < 4.78 is 6.04. The van der Waals surface area contributed by atoms with E-state index in [1.165, 1.54) is 10.8 Å². The topological polar surface area (TPSA) is 64.4 Å². The minimum atomic E-state index is -0.417. The molecule has 1 aromatic rings. The van der Waals surface area contributed by atoms with Gasteiger partial charge < -0.3 is 9.64 Å². The molecule has 0 radical (unpaired) electrons. The van der Waals surface area contributed by atoms with Gasteiger partial charge in [-0.25, -0.2) is 9.48 Å². The Labute approximate surface area is 118 Å². The number of carbonyl (C=O) groups excluding carboxylic acids is 1. The van der Waals surface area contributed by atoms with Crippen LogP contribution in [0.15, 0.2) is 29.2 Å². The smallest absolute Gasteiger partial charge is 0.330 e. The van der Waals surface area contributed by atoms with E-state index in [2.05, 4.69) is 12.0 Å². The number of ether oxygens (including phenoxy) is 1. The van der Waals surface area contributed by atoms with Crippen molar-refractivity contribution >= 4 is 11.7 Å². The first-order valence-electron chi connectivity index (χ1n) is 6.70. The molecular weight excluding hydrogens is 258 g/mol. The molecular formula is C14H21N3O3. The van der Waals surface area contributed by atoms with Crippen LogP contribution in [0.3, 0.4) is 0 Å². The highest BCUT2D eigenvalue weighted by molar-refractivity contribution is 5.81. The molecule has 0 atom stereocenters. The van der Waals surface area contributed by atoms with Gasteiger partial charge in [0.1, 0.15) is 0 Å². The first kappa shape index (κ1) is 15.9. The molecule has 0 saturated carbocycles. The molecule has 0 aliphatic rings. The fraction of sp³-hybridized carbons (Fsp3) is 0.500. The van der Waals surface area contributed by atoms with E-state index in [-0.39, 0.29) is 12.1 Å². The quantitative estimate of drug-likeness (QED) is 0.554. The lowest BCUT2D eigenvalue weighted by Gasteiger charge is -2.17. The van der Waals surface area contributed by atoms with Crippen molar-refractivity contribution in [1.82, 2.24) is 9.78 Å². The normalized spacial score (nSPS) is 10.8. The van der Waals surface area contributed by atoms with E-state index in [0.29, 0.717) is 6.61 Å². The van der Waals surface area contributed by atoms with E-state index in [0.717, 1.165) is 18.7 Å². The van der Waals surface area contributed by atoms with Crippen LogP contribution in [0.1, 0.15) is 20.3 Å². The fourth-order valence-electron chi connectivity index (χ4n) is 1.67. The van der Waals surface area contributed by atoms with E-state index in [1.807, 2.05) is 11.9 Å². The Bertz CT molecular complexity index is 523. The second-order valence-electron chi connectivity index (χ2n) is 4.31. The van der Waals surface area contributed by atoms with Crippen molar-refractivity contribution in [3.05, 3.63) is 34.8 Å². The van der Waals surface area contributed by atoms with E-state index in [9.17, 15) is 9.59 Å². The van der Waals surface area contributed by atoms with E-state index in [4.69, 9.17) is 4.74 Å². The van der Waals surface area contributed by atoms with Gasteiger partial charge in [-0.3, -0.25) is 4.79 Å². The third kappa shape index (κ3) is 4.87. The number of allylic oxidation sites excluding steroid dienone is 1. The van der Waals surface area contributed by atoms with Gasteiger partial charge in [-0.05, 0) is 13.3 Å². The van der Waals surface area contributed by atoms with Gasteiger partial charge in [0.05, 0.1) is 25.0 Å². The van der Waals surface area contributed by atoms with Crippen LogP contribution in [-0.4, -0.2) is 35.9 Å². The lowest BCUT2D eigenvalue weighted by molar-refractivity contribution is -0.137. The highest BCUT2D eigenvalue weighted by atomic mass is 16.5. The molecule has 20 heavy (non-hydrogen) atoms. The van der Waals surface area contributed by atoms with Crippen LogP contribution < -0.4 is 10.5 Å². The number of esters is 1. The molecule has 0 amide bonds. The summed E-state index contributed by atoms with van der Waals surface area (Å²) >= 11 is 0. The van der Waals surface area contributed by atoms with Crippen molar-refractivity contribution < 1.29 is 9.53 Å². The van der Waals surface area contributed by atoms with Gasteiger partial charge in [-0.2, -0.15) is 5.10 Å². The van der Waals surface area contributed by atoms with Gasteiger partial charge in [0.2, 0.25) is 0 Å². The molecule has 0 unspecified atom stereocenters. The highest BCUT2D eigenvalue weighted by Crippen LogP contribution is 2.06. The highest BCUT2D eigenvalue weighted by Gasteiger charge is 2.03. The zero-order valence-electron chi connectivity index (χ0n) is 12.2. The van der Waals surface area contributed by atoms with Crippen molar-refractivity contribution in [2.75, 3.05) is 25.1 Å². The van der Waals surface area contributed by atoms with Crippen molar-refractivity contribution in [1.29, 1.82) is 0 Å². The van der Waals surface area contributed by atoms with Crippen molar-refractivity contribution in [3.63, 3.8) is 0 Å². The summed E-state index contributed by atoms with van der Waals surface area (Å²) in [6, 6.07) is 1.54. The number of anilines is 1. The number of aromatic nitrogens is 2. The zero-order valence-corrected chi connectivity index (χ0v) is 12.2. The lowest BCUT2D eigenvalue weighted by atomic mass is 10.3. The van der Waals surface area contributed by atoms with E-state index in [1.54, 1.807) is 25.3 Å². The second-order valence-corrected chi connectivity index (χ2v) is 4.31. The zero-order chi connectivity index (χ0) is 15.0. The Kier molecular flexibility index (Phi) is 6.49. The monoisotopic (exact) mass is 279 g/mol. The maximum atomic E-state index is 11.9. The summed E-state index contributed by atoms with van der Waals surface area (Å²) in [7, 11) is 1.92. The third-order valence-corrected chi connectivity index (χ3v) is 2.67. The lowest BCUT2D eigenvalue weighted by Crippen LogP contribution is -2.25. The largest absolute Gasteiger partial charge is 0.463 e. The van der Waals surface area contributed by atoms with Crippen LogP contribution in [-0.2, 0) is 16.1 Å². The van der Waals surface area contributed by atoms with E-state index < -0.39 is 5.97 Å². The average Bonchev–Trinajstić information content (AvgIpc) is 2.41. The number of nitrogens with zero attached hydrogens (tertiary/aromatic N) is 3. The third-order valence-electron chi connectivity index (χ3n) is 2.67. The van der Waals surface area contributed by atoms with Gasteiger partial charge in [-0.15, -0.1) is 0 Å². The molecule has 0 fully saturated rings. The summed E-state index contributed by atoms with van der Waals surface area (Å²) in [6.07, 6.45) is 5.51. The molecule has 0 N–H and O–H groups in total. The Morgan fingerprint density at radius 1 is 1.50 bits per heavy atom. The maximum Gasteiger partial charge on any atom is 0.330 e. The molecule has 0 saturated heterocycles. The van der Waals surface area contributed by atoms with Gasteiger partial charge in [0, 0.05) is 25.7 Å². The fourth-order valence-corrected chi connectivity index (χ4v) is 1.67. The average molecular weight is 279 g/mol. The van der Waals surface area contributed by atoms with Crippen LogP contribution in [0.5, 0.6) is 0 Å².